The zero-order chi connectivity index (χ0) is 15.8. The van der Waals surface area contributed by atoms with Crippen molar-refractivity contribution in [1.82, 2.24) is 15.2 Å². The average Bonchev–Trinajstić information content (AvgIpc) is 2.54. The number of pyridine rings is 1. The molecular formula is C17H27N3O2. The molecule has 1 aliphatic rings. The molecule has 0 saturated carbocycles. The quantitative estimate of drug-likeness (QED) is 0.836. The van der Waals surface area contributed by atoms with Gasteiger partial charge in [0.25, 0.3) is 5.91 Å². The van der Waals surface area contributed by atoms with Gasteiger partial charge in [-0.1, -0.05) is 13.3 Å². The van der Waals surface area contributed by atoms with Crippen LogP contribution in [0.5, 0.6) is 5.75 Å². The minimum Gasteiger partial charge on any atom is -0.482 e. The second-order valence-electron chi connectivity index (χ2n) is 5.79. The van der Waals surface area contributed by atoms with E-state index in [1.165, 1.54) is 19.3 Å². The Morgan fingerprint density at radius 3 is 2.82 bits per heavy atom. The third-order valence-electron chi connectivity index (χ3n) is 3.96. The highest BCUT2D eigenvalue weighted by molar-refractivity contribution is 5.77. The molecule has 0 radical (unpaired) electrons. The van der Waals surface area contributed by atoms with Crippen LogP contribution in [0.3, 0.4) is 0 Å². The molecule has 1 N–H and O–H groups in total. The van der Waals surface area contributed by atoms with Gasteiger partial charge in [-0.05, 0) is 51.4 Å². The van der Waals surface area contributed by atoms with Crippen molar-refractivity contribution in [2.75, 3.05) is 32.8 Å². The first-order valence-electron chi connectivity index (χ1n) is 8.27. The van der Waals surface area contributed by atoms with Gasteiger partial charge in [-0.2, -0.15) is 0 Å². The van der Waals surface area contributed by atoms with Crippen molar-refractivity contribution in [2.45, 2.75) is 39.5 Å². The maximum atomic E-state index is 11.8. The Balaban J connectivity index is 1.69. The lowest BCUT2D eigenvalue weighted by Crippen LogP contribution is -2.39. The molecular weight excluding hydrogens is 278 g/mol. The minimum atomic E-state index is -0.0698. The summed E-state index contributed by atoms with van der Waals surface area (Å²) in [6.07, 6.45) is 4.68. The number of carbonyl (C=O) groups is 1. The Kier molecular flexibility index (Phi) is 6.65. The zero-order valence-corrected chi connectivity index (χ0v) is 13.7. The van der Waals surface area contributed by atoms with Crippen molar-refractivity contribution in [2.24, 2.45) is 0 Å². The lowest BCUT2D eigenvalue weighted by atomic mass is 10.1. The summed E-state index contributed by atoms with van der Waals surface area (Å²) in [5.41, 5.74) is 1.87. The molecule has 0 spiro atoms. The van der Waals surface area contributed by atoms with Gasteiger partial charge >= 0.3 is 0 Å². The van der Waals surface area contributed by atoms with Crippen molar-refractivity contribution >= 4 is 5.91 Å². The molecule has 0 aliphatic carbocycles. The number of hydrogen-bond donors (Lipinski definition) is 1. The van der Waals surface area contributed by atoms with Gasteiger partial charge in [0.15, 0.2) is 6.61 Å². The normalized spacial score (nSPS) is 15.5. The number of rotatable bonds is 7. The Bertz CT molecular complexity index is 485. The molecule has 1 aromatic heterocycles. The van der Waals surface area contributed by atoms with E-state index in [2.05, 4.69) is 15.2 Å². The minimum absolute atomic E-state index is 0.0533. The zero-order valence-electron chi connectivity index (χ0n) is 13.7. The summed E-state index contributed by atoms with van der Waals surface area (Å²) in [6, 6.07) is 3.80. The van der Waals surface area contributed by atoms with Crippen LogP contribution < -0.4 is 10.1 Å². The van der Waals surface area contributed by atoms with E-state index in [9.17, 15) is 4.79 Å². The number of nitrogens with one attached hydrogen (secondary N) is 1. The summed E-state index contributed by atoms with van der Waals surface area (Å²) in [5, 5.41) is 2.92. The summed E-state index contributed by atoms with van der Waals surface area (Å²) in [5.74, 6) is 0.638. The Labute approximate surface area is 133 Å². The third kappa shape index (κ3) is 5.30. The average molecular weight is 305 g/mol. The maximum Gasteiger partial charge on any atom is 0.257 e. The van der Waals surface area contributed by atoms with Gasteiger partial charge in [-0.25, -0.2) is 0 Å². The molecule has 1 aliphatic heterocycles. The SMILES string of the molecule is CCc1nc(C)ccc1OCC(=O)NCCN1CCCCC1. The predicted molar refractivity (Wildman–Crippen MR) is 87.1 cm³/mol. The highest BCUT2D eigenvalue weighted by Crippen LogP contribution is 2.17. The first-order valence-corrected chi connectivity index (χ1v) is 8.27. The fourth-order valence-corrected chi connectivity index (χ4v) is 2.71. The van der Waals surface area contributed by atoms with E-state index in [0.717, 1.165) is 37.4 Å². The van der Waals surface area contributed by atoms with E-state index in [1.54, 1.807) is 0 Å². The van der Waals surface area contributed by atoms with Crippen molar-refractivity contribution in [3.8, 4) is 5.75 Å². The molecule has 5 nitrogen and oxygen atoms in total. The standard InChI is InChI=1S/C17H27N3O2/c1-3-15-16(8-7-14(2)19-15)22-13-17(21)18-9-12-20-10-5-4-6-11-20/h7-8H,3-6,9-13H2,1-2H3,(H,18,21). The van der Waals surface area contributed by atoms with Gasteiger partial charge in [-0.3, -0.25) is 9.78 Å². The highest BCUT2D eigenvalue weighted by Gasteiger charge is 2.11. The van der Waals surface area contributed by atoms with Crippen molar-refractivity contribution in [1.29, 1.82) is 0 Å². The number of amides is 1. The van der Waals surface area contributed by atoms with E-state index >= 15 is 0 Å². The highest BCUT2D eigenvalue weighted by atomic mass is 16.5. The van der Waals surface area contributed by atoms with Crippen LogP contribution in [0.2, 0.25) is 0 Å². The number of ether oxygens (including phenoxy) is 1. The van der Waals surface area contributed by atoms with Crippen LogP contribution in [0, 0.1) is 6.92 Å². The second kappa shape index (κ2) is 8.73. The molecule has 0 unspecified atom stereocenters. The van der Waals surface area contributed by atoms with E-state index < -0.39 is 0 Å². The Morgan fingerprint density at radius 1 is 1.32 bits per heavy atom. The van der Waals surface area contributed by atoms with Crippen LogP contribution in [0.1, 0.15) is 37.6 Å². The largest absolute Gasteiger partial charge is 0.482 e. The first-order chi connectivity index (χ1) is 10.7. The monoisotopic (exact) mass is 305 g/mol. The van der Waals surface area contributed by atoms with Crippen molar-refractivity contribution in [3.05, 3.63) is 23.5 Å². The number of aromatic nitrogens is 1. The molecule has 1 saturated heterocycles. The molecule has 2 heterocycles. The van der Waals surface area contributed by atoms with Gasteiger partial charge in [0.2, 0.25) is 0 Å². The molecule has 1 aromatic rings. The molecule has 0 aromatic carbocycles. The summed E-state index contributed by atoms with van der Waals surface area (Å²) in [6.45, 7) is 7.97. The lowest BCUT2D eigenvalue weighted by molar-refractivity contribution is -0.123. The number of likely N-dealkylation sites (tertiary alicyclic amines) is 1. The molecule has 0 atom stereocenters. The molecule has 1 fully saturated rings. The van der Waals surface area contributed by atoms with Gasteiger partial charge in [0, 0.05) is 18.8 Å². The molecule has 22 heavy (non-hydrogen) atoms. The van der Waals surface area contributed by atoms with Gasteiger partial charge < -0.3 is 15.0 Å². The van der Waals surface area contributed by atoms with E-state index in [1.807, 2.05) is 26.0 Å². The fourth-order valence-electron chi connectivity index (χ4n) is 2.71. The second-order valence-corrected chi connectivity index (χ2v) is 5.79. The lowest BCUT2D eigenvalue weighted by Gasteiger charge is -2.26. The van der Waals surface area contributed by atoms with Crippen LogP contribution >= 0.6 is 0 Å². The third-order valence-corrected chi connectivity index (χ3v) is 3.96. The van der Waals surface area contributed by atoms with Crippen LogP contribution in [0.15, 0.2) is 12.1 Å². The van der Waals surface area contributed by atoms with Crippen molar-refractivity contribution < 1.29 is 9.53 Å². The number of hydrogen-bond acceptors (Lipinski definition) is 4. The molecule has 1 amide bonds. The summed E-state index contributed by atoms with van der Waals surface area (Å²) >= 11 is 0. The van der Waals surface area contributed by atoms with Crippen LogP contribution in [-0.2, 0) is 11.2 Å². The number of carbonyl (C=O) groups excluding carboxylic acids is 1. The number of aryl methyl sites for hydroxylation is 2. The van der Waals surface area contributed by atoms with Crippen LogP contribution in [0.4, 0.5) is 0 Å². The fraction of sp³-hybridized carbons (Fsp3) is 0.647. The number of nitrogens with zero attached hydrogens (tertiary/aromatic N) is 2. The maximum absolute atomic E-state index is 11.8. The van der Waals surface area contributed by atoms with E-state index in [4.69, 9.17) is 4.74 Å². The van der Waals surface area contributed by atoms with Crippen LogP contribution in [0.25, 0.3) is 0 Å². The first kappa shape index (κ1) is 16.7. The van der Waals surface area contributed by atoms with Gasteiger partial charge in [0.05, 0.1) is 5.69 Å². The molecule has 0 bridgehead atoms. The summed E-state index contributed by atoms with van der Waals surface area (Å²) < 4.78 is 5.60. The molecule has 2 rings (SSSR count). The predicted octanol–water partition coefficient (Wildman–Crippen LogP) is 1.93. The Hall–Kier alpha value is -1.62. The Morgan fingerprint density at radius 2 is 2.09 bits per heavy atom. The summed E-state index contributed by atoms with van der Waals surface area (Å²) in [7, 11) is 0. The topological polar surface area (TPSA) is 54.5 Å². The van der Waals surface area contributed by atoms with Gasteiger partial charge in [-0.15, -0.1) is 0 Å². The smallest absolute Gasteiger partial charge is 0.257 e. The van der Waals surface area contributed by atoms with Crippen LogP contribution in [-0.4, -0.2) is 48.6 Å². The van der Waals surface area contributed by atoms with E-state index in [-0.39, 0.29) is 12.5 Å². The van der Waals surface area contributed by atoms with Crippen molar-refractivity contribution in [3.63, 3.8) is 0 Å². The summed E-state index contributed by atoms with van der Waals surface area (Å²) in [4.78, 5) is 18.7. The number of piperidine rings is 1. The van der Waals surface area contributed by atoms with Gasteiger partial charge in [0.1, 0.15) is 5.75 Å². The van der Waals surface area contributed by atoms with E-state index in [0.29, 0.717) is 12.3 Å². The molecule has 5 heteroatoms. The molecule has 122 valence electrons.